The molecule has 3 rings (SSSR count). The predicted molar refractivity (Wildman–Crippen MR) is 105 cm³/mol. The van der Waals surface area contributed by atoms with Gasteiger partial charge in [-0.2, -0.15) is 5.26 Å². The van der Waals surface area contributed by atoms with E-state index >= 15 is 0 Å². The number of hydrogen-bond acceptors (Lipinski definition) is 5. The molecular formula is C21H28N4O2. The number of hydrogen-bond donors (Lipinski definition) is 0. The summed E-state index contributed by atoms with van der Waals surface area (Å²) in [7, 11) is 1.68. The van der Waals surface area contributed by atoms with E-state index in [0.717, 1.165) is 63.5 Å². The van der Waals surface area contributed by atoms with Gasteiger partial charge in [0, 0.05) is 45.5 Å². The summed E-state index contributed by atoms with van der Waals surface area (Å²) in [6.07, 6.45) is 3.78. The van der Waals surface area contributed by atoms with Gasteiger partial charge in [0.2, 0.25) is 0 Å². The number of likely N-dealkylation sites (tertiary alicyclic amines) is 1. The van der Waals surface area contributed by atoms with E-state index in [1.165, 1.54) is 0 Å². The van der Waals surface area contributed by atoms with E-state index in [4.69, 9.17) is 4.74 Å². The van der Waals surface area contributed by atoms with Crippen molar-refractivity contribution in [1.29, 1.82) is 5.26 Å². The highest BCUT2D eigenvalue weighted by Crippen LogP contribution is 2.28. The van der Waals surface area contributed by atoms with Gasteiger partial charge in [-0.05, 0) is 30.9 Å². The predicted octanol–water partition coefficient (Wildman–Crippen LogP) is 2.48. The number of para-hydroxylation sites is 2. The molecule has 6 heteroatoms. The van der Waals surface area contributed by atoms with Crippen LogP contribution >= 0.6 is 0 Å². The second-order valence-electron chi connectivity index (χ2n) is 7.32. The van der Waals surface area contributed by atoms with Gasteiger partial charge in [-0.15, -0.1) is 0 Å². The minimum atomic E-state index is -0.128. The van der Waals surface area contributed by atoms with Gasteiger partial charge < -0.3 is 19.4 Å². The third-order valence-corrected chi connectivity index (χ3v) is 5.47. The zero-order chi connectivity index (χ0) is 19.2. The van der Waals surface area contributed by atoms with Crippen LogP contribution in [0.3, 0.4) is 0 Å². The molecule has 0 atom stereocenters. The van der Waals surface area contributed by atoms with Gasteiger partial charge in [0.15, 0.2) is 0 Å². The Morgan fingerprint density at radius 1 is 1.15 bits per heavy atom. The average molecular weight is 368 g/mol. The van der Waals surface area contributed by atoms with Crippen molar-refractivity contribution in [3.63, 3.8) is 0 Å². The summed E-state index contributed by atoms with van der Waals surface area (Å²) < 4.78 is 5.45. The van der Waals surface area contributed by atoms with E-state index < -0.39 is 0 Å². The van der Waals surface area contributed by atoms with Crippen molar-refractivity contribution in [2.75, 3.05) is 51.3 Å². The quantitative estimate of drug-likeness (QED) is 0.604. The summed E-state index contributed by atoms with van der Waals surface area (Å²) in [6.45, 7) is 6.91. The van der Waals surface area contributed by atoms with Gasteiger partial charge in [-0.25, -0.2) is 0 Å². The van der Waals surface area contributed by atoms with Gasteiger partial charge in [0.05, 0.1) is 12.8 Å². The van der Waals surface area contributed by atoms with Gasteiger partial charge in [-0.3, -0.25) is 4.79 Å². The minimum absolute atomic E-state index is 0.128. The van der Waals surface area contributed by atoms with E-state index in [1.54, 1.807) is 13.3 Å². The van der Waals surface area contributed by atoms with Crippen molar-refractivity contribution in [3.05, 3.63) is 36.0 Å². The number of amides is 1. The smallest absolute Gasteiger partial charge is 0.266 e. The maximum atomic E-state index is 12.7. The van der Waals surface area contributed by atoms with Crippen molar-refractivity contribution in [3.8, 4) is 11.8 Å². The summed E-state index contributed by atoms with van der Waals surface area (Å²) in [4.78, 5) is 18.8. The van der Waals surface area contributed by atoms with E-state index in [2.05, 4.69) is 28.9 Å². The Kier molecular flexibility index (Phi) is 6.23. The normalized spacial score (nSPS) is 19.0. The number of carbonyl (C=O) groups is 1. The Labute approximate surface area is 161 Å². The van der Waals surface area contributed by atoms with Crippen molar-refractivity contribution < 1.29 is 9.53 Å². The number of ether oxygens (including phenoxy) is 1. The third-order valence-electron chi connectivity index (χ3n) is 5.47. The molecule has 1 aromatic carbocycles. The maximum Gasteiger partial charge on any atom is 0.266 e. The molecule has 0 spiro atoms. The van der Waals surface area contributed by atoms with E-state index in [9.17, 15) is 10.1 Å². The molecule has 0 saturated carbocycles. The molecule has 6 nitrogen and oxygen atoms in total. The van der Waals surface area contributed by atoms with Crippen molar-refractivity contribution in [1.82, 2.24) is 9.80 Å². The monoisotopic (exact) mass is 368 g/mol. The molecule has 1 aromatic rings. The molecule has 0 aromatic heterocycles. The van der Waals surface area contributed by atoms with Crippen LogP contribution in [0.2, 0.25) is 0 Å². The Morgan fingerprint density at radius 2 is 1.81 bits per heavy atom. The largest absolute Gasteiger partial charge is 0.495 e. The molecule has 1 amide bonds. The van der Waals surface area contributed by atoms with Crippen LogP contribution in [-0.4, -0.2) is 62.1 Å². The molecular weight excluding hydrogens is 340 g/mol. The molecule has 2 fully saturated rings. The summed E-state index contributed by atoms with van der Waals surface area (Å²) in [6, 6.07) is 10.1. The highest BCUT2D eigenvalue weighted by atomic mass is 16.5. The van der Waals surface area contributed by atoms with Crippen LogP contribution in [-0.2, 0) is 4.79 Å². The van der Waals surface area contributed by atoms with E-state index in [1.807, 2.05) is 23.1 Å². The Morgan fingerprint density at radius 3 is 2.44 bits per heavy atom. The second-order valence-corrected chi connectivity index (χ2v) is 7.32. The Balaban J connectivity index is 1.61. The number of rotatable bonds is 4. The van der Waals surface area contributed by atoms with E-state index in [-0.39, 0.29) is 11.5 Å². The van der Waals surface area contributed by atoms with Crippen LogP contribution in [0.4, 0.5) is 5.69 Å². The third kappa shape index (κ3) is 4.54. The lowest BCUT2D eigenvalue weighted by atomic mass is 9.99. The summed E-state index contributed by atoms with van der Waals surface area (Å²) in [5.74, 6) is 1.40. The lowest BCUT2D eigenvalue weighted by molar-refractivity contribution is -0.128. The highest BCUT2D eigenvalue weighted by Gasteiger charge is 2.24. The summed E-state index contributed by atoms with van der Waals surface area (Å²) in [5.41, 5.74) is 1.33. The van der Waals surface area contributed by atoms with Crippen LogP contribution in [0.25, 0.3) is 0 Å². The topological polar surface area (TPSA) is 59.8 Å². The van der Waals surface area contributed by atoms with Crippen LogP contribution in [0, 0.1) is 17.2 Å². The molecule has 2 heterocycles. The van der Waals surface area contributed by atoms with Crippen molar-refractivity contribution in [2.24, 2.45) is 5.92 Å². The molecule has 144 valence electrons. The number of carbonyl (C=O) groups excluding carboxylic acids is 1. The molecule has 0 radical (unpaired) electrons. The first-order chi connectivity index (χ1) is 13.1. The van der Waals surface area contributed by atoms with Gasteiger partial charge in [0.25, 0.3) is 5.91 Å². The fraction of sp³-hybridized carbons (Fsp3) is 0.524. The number of anilines is 1. The molecule has 27 heavy (non-hydrogen) atoms. The summed E-state index contributed by atoms with van der Waals surface area (Å²) >= 11 is 0. The standard InChI is InChI=1S/C21H28N4O2/c1-17-7-9-25(10-8-17)21(26)18(15-22)16-23-11-13-24(14-12-23)19-5-3-4-6-20(19)27-2/h3-6,16-17H,7-14H2,1-2H3/b18-16-. The first-order valence-electron chi connectivity index (χ1n) is 9.65. The number of piperazine rings is 1. The number of benzene rings is 1. The first kappa shape index (κ1) is 19.1. The fourth-order valence-corrected chi connectivity index (χ4v) is 3.68. The molecule has 2 saturated heterocycles. The van der Waals surface area contributed by atoms with Crippen LogP contribution in [0.15, 0.2) is 36.0 Å². The Hall–Kier alpha value is -2.68. The van der Waals surface area contributed by atoms with Crippen LogP contribution < -0.4 is 9.64 Å². The molecule has 0 N–H and O–H groups in total. The second kappa shape index (κ2) is 8.81. The molecule has 0 bridgehead atoms. The van der Waals surface area contributed by atoms with Gasteiger partial charge >= 0.3 is 0 Å². The number of nitrogens with zero attached hydrogens (tertiary/aromatic N) is 4. The Bertz CT molecular complexity index is 724. The summed E-state index contributed by atoms with van der Waals surface area (Å²) in [5, 5.41) is 9.49. The van der Waals surface area contributed by atoms with Crippen molar-refractivity contribution >= 4 is 11.6 Å². The number of piperidine rings is 1. The van der Waals surface area contributed by atoms with Gasteiger partial charge in [0.1, 0.15) is 17.4 Å². The molecule has 2 aliphatic rings. The first-order valence-corrected chi connectivity index (χ1v) is 9.65. The van der Waals surface area contributed by atoms with Crippen molar-refractivity contribution in [2.45, 2.75) is 19.8 Å². The molecule has 0 aliphatic carbocycles. The zero-order valence-corrected chi connectivity index (χ0v) is 16.2. The van der Waals surface area contributed by atoms with Crippen LogP contribution in [0.1, 0.15) is 19.8 Å². The fourth-order valence-electron chi connectivity index (χ4n) is 3.68. The lowest BCUT2D eigenvalue weighted by Gasteiger charge is -2.36. The SMILES string of the molecule is COc1ccccc1N1CCN(/C=C(/C#N)C(=O)N2CCC(C)CC2)CC1. The lowest BCUT2D eigenvalue weighted by Crippen LogP contribution is -2.45. The minimum Gasteiger partial charge on any atom is -0.495 e. The molecule has 2 aliphatic heterocycles. The number of methoxy groups -OCH3 is 1. The highest BCUT2D eigenvalue weighted by molar-refractivity contribution is 5.97. The zero-order valence-electron chi connectivity index (χ0n) is 16.2. The molecule has 0 unspecified atom stereocenters. The number of nitriles is 1. The van der Waals surface area contributed by atoms with E-state index in [0.29, 0.717) is 5.92 Å². The van der Waals surface area contributed by atoms with Crippen LogP contribution in [0.5, 0.6) is 5.75 Å². The maximum absolute atomic E-state index is 12.7. The van der Waals surface area contributed by atoms with Gasteiger partial charge in [-0.1, -0.05) is 19.1 Å². The average Bonchev–Trinajstić information content (AvgIpc) is 2.72.